The van der Waals surface area contributed by atoms with Gasteiger partial charge in [-0.2, -0.15) is 14.7 Å². The number of nitrogens with zero attached hydrogens (tertiary/aromatic N) is 8. The zero-order chi connectivity index (χ0) is 16.0. The highest BCUT2D eigenvalue weighted by molar-refractivity contribution is 9.10. The topological polar surface area (TPSA) is 86.7 Å². The van der Waals surface area contributed by atoms with E-state index in [-0.39, 0.29) is 6.04 Å². The van der Waals surface area contributed by atoms with Crippen LogP contribution in [0.2, 0.25) is 0 Å². The van der Waals surface area contributed by atoms with Crippen LogP contribution in [0.1, 0.15) is 23.7 Å². The van der Waals surface area contributed by atoms with E-state index >= 15 is 0 Å². The fourth-order valence-corrected chi connectivity index (χ4v) is 3.32. The monoisotopic (exact) mass is 390 g/mol. The molecule has 23 heavy (non-hydrogen) atoms. The second-order valence-corrected chi connectivity index (χ2v) is 6.81. The van der Waals surface area contributed by atoms with Gasteiger partial charge in [-0.15, -0.1) is 10.2 Å². The summed E-state index contributed by atoms with van der Waals surface area (Å²) >= 11 is 4.97. The Balaban J connectivity index is 1.76. The lowest BCUT2D eigenvalue weighted by molar-refractivity contribution is 0.551. The Bertz CT molecular complexity index is 953. The van der Waals surface area contributed by atoms with E-state index < -0.39 is 0 Å². The SMILES string of the molecule is Cc1nn([C@@H](C)c2nn3c(-c4cnccn4)nnc3s2)cc1Br. The van der Waals surface area contributed by atoms with Gasteiger partial charge in [0.05, 0.1) is 16.4 Å². The van der Waals surface area contributed by atoms with Crippen molar-refractivity contribution in [3.8, 4) is 11.5 Å². The second kappa shape index (κ2) is 5.46. The molecule has 0 bridgehead atoms. The number of rotatable bonds is 3. The molecule has 0 saturated heterocycles. The molecule has 10 heteroatoms. The molecule has 0 aliphatic heterocycles. The number of hydrogen-bond donors (Lipinski definition) is 0. The molecule has 4 aromatic heterocycles. The van der Waals surface area contributed by atoms with Gasteiger partial charge in [-0.25, -0.2) is 4.98 Å². The summed E-state index contributed by atoms with van der Waals surface area (Å²) in [7, 11) is 0. The van der Waals surface area contributed by atoms with Crippen molar-refractivity contribution < 1.29 is 0 Å². The van der Waals surface area contributed by atoms with Crippen LogP contribution in [0.15, 0.2) is 29.3 Å². The summed E-state index contributed by atoms with van der Waals surface area (Å²) in [4.78, 5) is 9.03. The Morgan fingerprint density at radius 3 is 2.78 bits per heavy atom. The summed E-state index contributed by atoms with van der Waals surface area (Å²) in [6.07, 6.45) is 6.84. The van der Waals surface area contributed by atoms with Crippen LogP contribution in [0.5, 0.6) is 0 Å². The van der Waals surface area contributed by atoms with Crippen LogP contribution >= 0.6 is 27.3 Å². The zero-order valence-electron chi connectivity index (χ0n) is 12.3. The third-order valence-electron chi connectivity index (χ3n) is 3.41. The fourth-order valence-electron chi connectivity index (χ4n) is 2.15. The quantitative estimate of drug-likeness (QED) is 0.534. The minimum atomic E-state index is 0.00130. The first-order valence-corrected chi connectivity index (χ1v) is 8.44. The first-order chi connectivity index (χ1) is 11.1. The van der Waals surface area contributed by atoms with Gasteiger partial charge in [0.1, 0.15) is 16.7 Å². The number of aromatic nitrogens is 8. The van der Waals surface area contributed by atoms with Crippen LogP contribution in [0.4, 0.5) is 0 Å². The largest absolute Gasteiger partial charge is 0.262 e. The zero-order valence-corrected chi connectivity index (χ0v) is 14.7. The minimum absolute atomic E-state index is 0.00130. The molecule has 0 radical (unpaired) electrons. The van der Waals surface area contributed by atoms with Gasteiger partial charge < -0.3 is 0 Å². The van der Waals surface area contributed by atoms with E-state index in [1.54, 1.807) is 23.1 Å². The lowest BCUT2D eigenvalue weighted by Gasteiger charge is -2.07. The second-order valence-electron chi connectivity index (χ2n) is 4.97. The molecule has 8 nitrogen and oxygen atoms in total. The minimum Gasteiger partial charge on any atom is -0.262 e. The normalized spacial score (nSPS) is 12.8. The predicted molar refractivity (Wildman–Crippen MR) is 88.2 cm³/mol. The van der Waals surface area contributed by atoms with Crippen molar-refractivity contribution in [2.75, 3.05) is 0 Å². The summed E-state index contributed by atoms with van der Waals surface area (Å²) in [5, 5.41) is 18.3. The third kappa shape index (κ3) is 2.43. The molecule has 0 amide bonds. The molecule has 0 unspecified atom stereocenters. The summed E-state index contributed by atoms with van der Waals surface area (Å²) in [5.41, 5.74) is 1.59. The highest BCUT2D eigenvalue weighted by Crippen LogP contribution is 2.27. The van der Waals surface area contributed by atoms with E-state index in [0.29, 0.717) is 11.5 Å². The van der Waals surface area contributed by atoms with E-state index in [4.69, 9.17) is 0 Å². The Hall–Kier alpha value is -2.20. The molecule has 0 N–H and O–H groups in total. The molecule has 0 aliphatic carbocycles. The van der Waals surface area contributed by atoms with Crippen LogP contribution < -0.4 is 0 Å². The lowest BCUT2D eigenvalue weighted by Crippen LogP contribution is -2.08. The van der Waals surface area contributed by atoms with Crippen molar-refractivity contribution in [1.29, 1.82) is 0 Å². The molecule has 4 aromatic rings. The summed E-state index contributed by atoms with van der Waals surface area (Å²) in [5.74, 6) is 0.584. The lowest BCUT2D eigenvalue weighted by atomic mass is 10.4. The van der Waals surface area contributed by atoms with Crippen LogP contribution in [-0.2, 0) is 0 Å². The number of hydrogen-bond acceptors (Lipinski definition) is 7. The maximum Gasteiger partial charge on any atom is 0.235 e. The van der Waals surface area contributed by atoms with Crippen molar-refractivity contribution >= 4 is 32.2 Å². The molecular weight excluding hydrogens is 380 g/mol. The highest BCUT2D eigenvalue weighted by atomic mass is 79.9. The fraction of sp³-hybridized carbons (Fsp3) is 0.231. The molecular formula is C13H11BrN8S. The van der Waals surface area contributed by atoms with Crippen LogP contribution in [0.25, 0.3) is 16.5 Å². The van der Waals surface area contributed by atoms with Crippen LogP contribution in [0, 0.1) is 6.92 Å². The smallest absolute Gasteiger partial charge is 0.235 e. The Labute approximate surface area is 143 Å². The molecule has 4 rings (SSSR count). The molecule has 0 aliphatic rings. The Morgan fingerprint density at radius 1 is 1.22 bits per heavy atom. The van der Waals surface area contributed by atoms with Crippen LogP contribution in [0.3, 0.4) is 0 Å². The van der Waals surface area contributed by atoms with Gasteiger partial charge in [0, 0.05) is 18.6 Å². The average Bonchev–Trinajstić information content (AvgIpc) is 3.22. The Kier molecular flexibility index (Phi) is 3.42. The van der Waals surface area contributed by atoms with E-state index in [0.717, 1.165) is 20.1 Å². The summed E-state index contributed by atoms with van der Waals surface area (Å²) in [6.45, 7) is 4.00. The van der Waals surface area contributed by atoms with Gasteiger partial charge in [-0.05, 0) is 29.8 Å². The maximum atomic E-state index is 4.63. The third-order valence-corrected chi connectivity index (χ3v) is 5.26. The van der Waals surface area contributed by atoms with Crippen molar-refractivity contribution in [1.82, 2.24) is 39.6 Å². The van der Waals surface area contributed by atoms with Crippen molar-refractivity contribution in [3.63, 3.8) is 0 Å². The van der Waals surface area contributed by atoms with Crippen molar-refractivity contribution in [3.05, 3.63) is 40.0 Å². The molecule has 0 aromatic carbocycles. The van der Waals surface area contributed by atoms with E-state index in [9.17, 15) is 0 Å². The van der Waals surface area contributed by atoms with Gasteiger partial charge in [0.25, 0.3) is 0 Å². The number of aryl methyl sites for hydroxylation is 1. The molecule has 0 fully saturated rings. The molecule has 116 valence electrons. The van der Waals surface area contributed by atoms with E-state index in [1.807, 2.05) is 24.7 Å². The average molecular weight is 391 g/mol. The Morgan fingerprint density at radius 2 is 2.09 bits per heavy atom. The van der Waals surface area contributed by atoms with Gasteiger partial charge in [0.2, 0.25) is 10.8 Å². The number of halogens is 1. The first-order valence-electron chi connectivity index (χ1n) is 6.83. The van der Waals surface area contributed by atoms with Crippen molar-refractivity contribution in [2.45, 2.75) is 19.9 Å². The molecule has 0 spiro atoms. The van der Waals surface area contributed by atoms with E-state index in [1.165, 1.54) is 11.3 Å². The van der Waals surface area contributed by atoms with Crippen LogP contribution in [-0.4, -0.2) is 39.6 Å². The molecule has 4 heterocycles. The molecule has 0 saturated carbocycles. The van der Waals surface area contributed by atoms with Gasteiger partial charge in [-0.1, -0.05) is 11.3 Å². The molecule has 1 atom stereocenters. The van der Waals surface area contributed by atoms with Crippen molar-refractivity contribution in [2.24, 2.45) is 0 Å². The van der Waals surface area contributed by atoms with E-state index in [2.05, 4.69) is 46.3 Å². The summed E-state index contributed by atoms with van der Waals surface area (Å²) < 4.78 is 4.56. The standard InChI is InChI=1S/C13H11BrN8S/c1-7-9(14)6-21(19-7)8(2)12-20-22-11(17-18-13(22)23-12)10-5-15-3-4-16-10/h3-6,8H,1-2H3/t8-/m0/s1. The highest BCUT2D eigenvalue weighted by Gasteiger charge is 2.19. The summed E-state index contributed by atoms with van der Waals surface area (Å²) in [6, 6.07) is 0.00130. The first kappa shape index (κ1) is 14.4. The number of fused-ring (bicyclic) bond motifs is 1. The van der Waals surface area contributed by atoms with Gasteiger partial charge >= 0.3 is 0 Å². The van der Waals surface area contributed by atoms with Gasteiger partial charge in [-0.3, -0.25) is 9.67 Å². The predicted octanol–water partition coefficient (Wildman–Crippen LogP) is 2.52. The van der Waals surface area contributed by atoms with Gasteiger partial charge in [0.15, 0.2) is 0 Å². The maximum absolute atomic E-state index is 4.63.